The van der Waals surface area contributed by atoms with Crippen LogP contribution < -0.4 is 0 Å². The molecule has 0 saturated carbocycles. The van der Waals surface area contributed by atoms with Gasteiger partial charge in [-0.15, -0.1) is 0 Å². The van der Waals surface area contributed by atoms with Gasteiger partial charge in [-0.2, -0.15) is 0 Å². The van der Waals surface area contributed by atoms with Crippen molar-refractivity contribution in [3.63, 3.8) is 0 Å². The highest BCUT2D eigenvalue weighted by Gasteiger charge is 2.22. The second-order valence-corrected chi connectivity index (χ2v) is 4.83. The molecule has 0 atom stereocenters. The Morgan fingerprint density at radius 3 is 2.83 bits per heavy atom. The third-order valence-electron chi connectivity index (χ3n) is 3.52. The number of amides is 1. The Morgan fingerprint density at radius 1 is 1.50 bits per heavy atom. The molecule has 18 heavy (non-hydrogen) atoms. The fourth-order valence-corrected chi connectivity index (χ4v) is 2.22. The molecule has 0 bridgehead atoms. The van der Waals surface area contributed by atoms with Crippen LogP contribution in [0.25, 0.3) is 6.08 Å². The predicted octanol–water partition coefficient (Wildman–Crippen LogP) is 1.85. The molecule has 1 aromatic rings. The van der Waals surface area contributed by atoms with Crippen LogP contribution in [0.4, 0.5) is 0 Å². The minimum atomic E-state index is 0.0425. The first-order chi connectivity index (χ1) is 8.66. The lowest BCUT2D eigenvalue weighted by atomic mass is 10.0. The van der Waals surface area contributed by atoms with Crippen LogP contribution in [0.5, 0.6) is 0 Å². The Labute approximate surface area is 108 Å². The quantitative estimate of drug-likeness (QED) is 0.766. The monoisotopic (exact) mass is 248 g/mol. The van der Waals surface area contributed by atoms with E-state index in [1.54, 1.807) is 18.4 Å². The van der Waals surface area contributed by atoms with Crippen LogP contribution in [0.1, 0.15) is 18.6 Å². The fraction of sp³-hybridized carbons (Fsp3) is 0.500. The van der Waals surface area contributed by atoms with Gasteiger partial charge >= 0.3 is 0 Å². The van der Waals surface area contributed by atoms with E-state index in [-0.39, 0.29) is 5.91 Å². The summed E-state index contributed by atoms with van der Waals surface area (Å²) < 4.78 is 5.16. The summed E-state index contributed by atoms with van der Waals surface area (Å²) in [4.78, 5) is 16.1. The number of rotatable bonds is 3. The van der Waals surface area contributed by atoms with E-state index in [1.165, 1.54) is 0 Å². The van der Waals surface area contributed by atoms with Crippen molar-refractivity contribution in [2.24, 2.45) is 0 Å². The second kappa shape index (κ2) is 5.87. The third kappa shape index (κ3) is 3.23. The summed E-state index contributed by atoms with van der Waals surface area (Å²) in [5.74, 6) is 0.751. The van der Waals surface area contributed by atoms with E-state index in [0.29, 0.717) is 11.8 Å². The average molecular weight is 248 g/mol. The van der Waals surface area contributed by atoms with Crippen molar-refractivity contribution in [1.29, 1.82) is 0 Å². The number of piperidine rings is 1. The topological polar surface area (TPSA) is 36.7 Å². The van der Waals surface area contributed by atoms with Gasteiger partial charge in [-0.1, -0.05) is 0 Å². The van der Waals surface area contributed by atoms with Gasteiger partial charge in [0.2, 0.25) is 5.91 Å². The number of likely N-dealkylation sites (tertiary alicyclic amines) is 1. The molecule has 1 aliphatic heterocycles. The van der Waals surface area contributed by atoms with Crippen LogP contribution in [0, 0.1) is 0 Å². The SMILES string of the molecule is CN1CCC(N(C)C(=O)/C=C/c2ccco2)CC1. The van der Waals surface area contributed by atoms with Gasteiger partial charge in [0.05, 0.1) is 6.26 Å². The van der Waals surface area contributed by atoms with Crippen molar-refractivity contribution >= 4 is 12.0 Å². The molecule has 1 fully saturated rings. The van der Waals surface area contributed by atoms with Gasteiger partial charge in [-0.25, -0.2) is 0 Å². The Hall–Kier alpha value is -1.55. The van der Waals surface area contributed by atoms with Crippen LogP contribution in [0.3, 0.4) is 0 Å². The summed E-state index contributed by atoms with van der Waals surface area (Å²) in [6, 6.07) is 4.00. The number of furan rings is 1. The van der Waals surface area contributed by atoms with Gasteiger partial charge in [0.1, 0.15) is 5.76 Å². The first kappa shape index (κ1) is 12.9. The van der Waals surface area contributed by atoms with E-state index in [2.05, 4.69) is 11.9 Å². The maximum Gasteiger partial charge on any atom is 0.246 e. The minimum absolute atomic E-state index is 0.0425. The lowest BCUT2D eigenvalue weighted by Gasteiger charge is -2.34. The third-order valence-corrected chi connectivity index (χ3v) is 3.52. The van der Waals surface area contributed by atoms with E-state index in [0.717, 1.165) is 25.9 Å². The maximum atomic E-state index is 12.0. The van der Waals surface area contributed by atoms with Crippen molar-refractivity contribution < 1.29 is 9.21 Å². The number of carbonyl (C=O) groups excluding carboxylic acids is 1. The van der Waals surface area contributed by atoms with Crippen LogP contribution in [0.15, 0.2) is 28.9 Å². The summed E-state index contributed by atoms with van der Waals surface area (Å²) in [5.41, 5.74) is 0. The molecule has 0 unspecified atom stereocenters. The summed E-state index contributed by atoms with van der Waals surface area (Å²) >= 11 is 0. The summed E-state index contributed by atoms with van der Waals surface area (Å²) in [5, 5.41) is 0. The Kier molecular flexibility index (Phi) is 4.20. The van der Waals surface area contributed by atoms with Crippen molar-refractivity contribution in [3.05, 3.63) is 30.2 Å². The first-order valence-corrected chi connectivity index (χ1v) is 6.34. The molecule has 1 saturated heterocycles. The molecule has 2 heterocycles. The van der Waals surface area contributed by atoms with Crippen molar-refractivity contribution in [1.82, 2.24) is 9.80 Å². The Balaban J connectivity index is 1.88. The molecule has 2 rings (SSSR count). The molecular formula is C14H20N2O2. The number of carbonyl (C=O) groups is 1. The average Bonchev–Trinajstić information content (AvgIpc) is 2.89. The largest absolute Gasteiger partial charge is 0.465 e. The normalized spacial score (nSPS) is 18.3. The summed E-state index contributed by atoms with van der Waals surface area (Å²) in [6.07, 6.45) is 7.00. The smallest absolute Gasteiger partial charge is 0.246 e. The second-order valence-electron chi connectivity index (χ2n) is 4.83. The van der Waals surface area contributed by atoms with Crippen LogP contribution >= 0.6 is 0 Å². The Morgan fingerprint density at radius 2 is 2.22 bits per heavy atom. The number of nitrogens with zero attached hydrogens (tertiary/aromatic N) is 2. The van der Waals surface area contributed by atoms with E-state index in [9.17, 15) is 4.79 Å². The lowest BCUT2D eigenvalue weighted by Crippen LogP contribution is -2.43. The highest BCUT2D eigenvalue weighted by Crippen LogP contribution is 2.14. The maximum absolute atomic E-state index is 12.0. The molecule has 1 aromatic heterocycles. The summed E-state index contributed by atoms with van der Waals surface area (Å²) in [7, 11) is 4.00. The summed E-state index contributed by atoms with van der Waals surface area (Å²) in [6.45, 7) is 2.12. The van der Waals surface area contributed by atoms with E-state index < -0.39 is 0 Å². The van der Waals surface area contributed by atoms with E-state index in [4.69, 9.17) is 4.42 Å². The molecular weight excluding hydrogens is 228 g/mol. The highest BCUT2D eigenvalue weighted by atomic mass is 16.3. The van der Waals surface area contributed by atoms with Crippen LogP contribution in [0.2, 0.25) is 0 Å². The molecule has 0 aliphatic carbocycles. The minimum Gasteiger partial charge on any atom is -0.465 e. The molecule has 0 spiro atoms. The van der Waals surface area contributed by atoms with E-state index in [1.807, 2.05) is 24.1 Å². The van der Waals surface area contributed by atoms with Gasteiger partial charge in [-0.3, -0.25) is 4.79 Å². The zero-order chi connectivity index (χ0) is 13.0. The molecule has 0 radical (unpaired) electrons. The standard InChI is InChI=1S/C14H20N2O2/c1-15-9-7-12(8-10-15)16(2)14(17)6-5-13-4-3-11-18-13/h3-6,11-12H,7-10H2,1-2H3/b6-5+. The number of likely N-dealkylation sites (N-methyl/N-ethyl adjacent to an activating group) is 1. The molecule has 0 aromatic carbocycles. The first-order valence-electron chi connectivity index (χ1n) is 6.34. The molecule has 4 heteroatoms. The van der Waals surface area contributed by atoms with Crippen molar-refractivity contribution in [2.45, 2.75) is 18.9 Å². The highest BCUT2D eigenvalue weighted by molar-refractivity contribution is 5.91. The van der Waals surface area contributed by atoms with Crippen molar-refractivity contribution in [3.8, 4) is 0 Å². The Bertz CT molecular complexity index is 403. The fourth-order valence-electron chi connectivity index (χ4n) is 2.22. The van der Waals surface area contributed by atoms with Gasteiger partial charge in [0.15, 0.2) is 0 Å². The van der Waals surface area contributed by atoms with Gasteiger partial charge < -0.3 is 14.2 Å². The zero-order valence-corrected chi connectivity index (χ0v) is 11.0. The molecule has 1 amide bonds. The number of hydrogen-bond acceptors (Lipinski definition) is 3. The van der Waals surface area contributed by atoms with Gasteiger partial charge in [0.25, 0.3) is 0 Å². The van der Waals surface area contributed by atoms with Crippen LogP contribution in [-0.4, -0.2) is 48.9 Å². The molecule has 1 aliphatic rings. The van der Waals surface area contributed by atoms with Gasteiger partial charge in [-0.05, 0) is 51.2 Å². The van der Waals surface area contributed by atoms with Crippen molar-refractivity contribution in [2.75, 3.05) is 27.2 Å². The lowest BCUT2D eigenvalue weighted by molar-refractivity contribution is -0.127. The molecule has 98 valence electrons. The van der Waals surface area contributed by atoms with Gasteiger partial charge in [0, 0.05) is 19.2 Å². The van der Waals surface area contributed by atoms with Crippen LogP contribution in [-0.2, 0) is 4.79 Å². The zero-order valence-electron chi connectivity index (χ0n) is 11.0. The molecule has 0 N–H and O–H groups in total. The molecule has 4 nitrogen and oxygen atoms in total. The van der Waals surface area contributed by atoms with E-state index >= 15 is 0 Å². The predicted molar refractivity (Wildman–Crippen MR) is 71.0 cm³/mol. The number of hydrogen-bond donors (Lipinski definition) is 0.